The normalized spacial score (nSPS) is 17.0. The minimum Gasteiger partial charge on any atom is -0.480 e. The number of hydrogen-bond donors (Lipinski definition) is 4. The van der Waals surface area contributed by atoms with Crippen molar-refractivity contribution in [2.24, 2.45) is 0 Å². The van der Waals surface area contributed by atoms with E-state index in [-0.39, 0.29) is 34.3 Å². The van der Waals surface area contributed by atoms with E-state index in [9.17, 15) is 39.6 Å². The average molecular weight is 484 g/mol. The third-order valence-corrected chi connectivity index (χ3v) is 6.27. The van der Waals surface area contributed by atoms with Gasteiger partial charge in [-0.15, -0.1) is 0 Å². The van der Waals surface area contributed by atoms with Gasteiger partial charge in [0.2, 0.25) is 0 Å². The Hall–Kier alpha value is -4.98. The summed E-state index contributed by atoms with van der Waals surface area (Å²) >= 11 is 0. The van der Waals surface area contributed by atoms with Crippen molar-refractivity contribution in [3.8, 4) is 11.1 Å². The zero-order valence-corrected chi connectivity index (χ0v) is 18.7. The molecule has 0 spiro atoms. The lowest BCUT2D eigenvalue weighted by molar-refractivity contribution is -0.141. The van der Waals surface area contributed by atoms with Crippen molar-refractivity contribution in [3.05, 3.63) is 113 Å². The van der Waals surface area contributed by atoms with Gasteiger partial charge in [0.1, 0.15) is 5.41 Å². The molecule has 0 amide bonds. The van der Waals surface area contributed by atoms with Crippen molar-refractivity contribution in [2.75, 3.05) is 0 Å². The SMILES string of the molecule is O=C(O)C1=CCC(C(=O)O)(c2ccccc2)C(c2cc(C(=O)O)ccc2-c2ccc(C(=O)O)cc2)=C1. The molecule has 3 aromatic rings. The molecule has 0 aromatic heterocycles. The first-order chi connectivity index (χ1) is 17.1. The predicted molar refractivity (Wildman–Crippen MR) is 130 cm³/mol. The van der Waals surface area contributed by atoms with E-state index in [2.05, 4.69) is 0 Å². The van der Waals surface area contributed by atoms with Crippen LogP contribution in [0.3, 0.4) is 0 Å². The van der Waals surface area contributed by atoms with Crippen LogP contribution >= 0.6 is 0 Å². The van der Waals surface area contributed by atoms with Crippen LogP contribution in [0.25, 0.3) is 16.7 Å². The first-order valence-corrected chi connectivity index (χ1v) is 10.8. The molecular weight excluding hydrogens is 464 g/mol. The Bertz CT molecular complexity index is 1450. The Morgan fingerprint density at radius 1 is 0.667 bits per heavy atom. The molecule has 8 heteroatoms. The highest BCUT2D eigenvalue weighted by Gasteiger charge is 2.46. The molecule has 1 atom stereocenters. The molecule has 0 saturated heterocycles. The van der Waals surface area contributed by atoms with Crippen LogP contribution in [-0.2, 0) is 15.0 Å². The molecular formula is C28H20O8. The topological polar surface area (TPSA) is 149 Å². The number of carbonyl (C=O) groups is 4. The van der Waals surface area contributed by atoms with Crippen LogP contribution in [0, 0.1) is 0 Å². The molecule has 0 bridgehead atoms. The Morgan fingerprint density at radius 3 is 1.83 bits per heavy atom. The van der Waals surface area contributed by atoms with Gasteiger partial charge in [-0.05, 0) is 64.6 Å². The number of hydrogen-bond acceptors (Lipinski definition) is 4. The number of aromatic carboxylic acids is 2. The lowest BCUT2D eigenvalue weighted by Crippen LogP contribution is -2.38. The summed E-state index contributed by atoms with van der Waals surface area (Å²) in [4.78, 5) is 47.9. The summed E-state index contributed by atoms with van der Waals surface area (Å²) in [6, 6.07) is 18.3. The van der Waals surface area contributed by atoms with E-state index >= 15 is 0 Å². The van der Waals surface area contributed by atoms with E-state index in [0.29, 0.717) is 16.7 Å². The maximum absolute atomic E-state index is 12.9. The van der Waals surface area contributed by atoms with Crippen molar-refractivity contribution in [1.29, 1.82) is 0 Å². The van der Waals surface area contributed by atoms with Crippen LogP contribution in [0.5, 0.6) is 0 Å². The second-order valence-corrected chi connectivity index (χ2v) is 8.25. The van der Waals surface area contributed by atoms with Gasteiger partial charge < -0.3 is 20.4 Å². The maximum atomic E-state index is 12.9. The number of carboxylic acids is 4. The molecule has 180 valence electrons. The number of allylic oxidation sites excluding steroid dienone is 1. The molecule has 0 aliphatic heterocycles. The largest absolute Gasteiger partial charge is 0.480 e. The minimum atomic E-state index is -1.70. The molecule has 36 heavy (non-hydrogen) atoms. The smallest absolute Gasteiger partial charge is 0.335 e. The van der Waals surface area contributed by atoms with E-state index in [1.54, 1.807) is 30.3 Å². The molecule has 0 radical (unpaired) electrons. The van der Waals surface area contributed by atoms with Gasteiger partial charge in [0.05, 0.1) is 16.7 Å². The first kappa shape index (κ1) is 24.2. The molecule has 0 saturated carbocycles. The van der Waals surface area contributed by atoms with Gasteiger partial charge in [0, 0.05) is 0 Å². The lowest BCUT2D eigenvalue weighted by Gasteiger charge is -2.35. The number of aliphatic carboxylic acids is 2. The van der Waals surface area contributed by atoms with Crippen molar-refractivity contribution in [2.45, 2.75) is 11.8 Å². The average Bonchev–Trinajstić information content (AvgIpc) is 2.88. The van der Waals surface area contributed by atoms with Crippen molar-refractivity contribution < 1.29 is 39.6 Å². The van der Waals surface area contributed by atoms with Crippen LogP contribution in [0.15, 0.2) is 90.5 Å². The quantitative estimate of drug-likeness (QED) is 0.381. The lowest BCUT2D eigenvalue weighted by atomic mass is 9.65. The summed E-state index contributed by atoms with van der Waals surface area (Å²) in [7, 11) is 0. The molecule has 0 heterocycles. The summed E-state index contributed by atoms with van der Waals surface area (Å²) in [5.74, 6) is -4.84. The summed E-state index contributed by atoms with van der Waals surface area (Å²) in [5.41, 5.74) is -0.230. The van der Waals surface area contributed by atoms with E-state index in [1.807, 2.05) is 0 Å². The minimum absolute atomic E-state index is 0.0413. The maximum Gasteiger partial charge on any atom is 0.335 e. The van der Waals surface area contributed by atoms with Gasteiger partial charge in [0.25, 0.3) is 0 Å². The highest BCUT2D eigenvalue weighted by Crippen LogP contribution is 2.48. The fourth-order valence-corrected chi connectivity index (χ4v) is 4.43. The zero-order chi connectivity index (χ0) is 26.0. The van der Waals surface area contributed by atoms with Crippen molar-refractivity contribution in [1.82, 2.24) is 0 Å². The van der Waals surface area contributed by atoms with Crippen molar-refractivity contribution >= 4 is 29.5 Å². The van der Waals surface area contributed by atoms with Crippen LogP contribution in [0.2, 0.25) is 0 Å². The Morgan fingerprint density at radius 2 is 1.28 bits per heavy atom. The van der Waals surface area contributed by atoms with Gasteiger partial charge in [-0.2, -0.15) is 0 Å². The summed E-state index contributed by atoms with van der Waals surface area (Å²) < 4.78 is 0. The van der Waals surface area contributed by atoms with Gasteiger partial charge in [0.15, 0.2) is 0 Å². The second-order valence-electron chi connectivity index (χ2n) is 8.25. The van der Waals surface area contributed by atoms with Crippen molar-refractivity contribution in [3.63, 3.8) is 0 Å². The standard InChI is InChI=1S/C28H20O8/c29-24(30)17-8-6-16(7-9-17)21-11-10-18(25(31)32)14-22(21)23-15-19(26(33)34)12-13-28(23,27(35)36)20-4-2-1-3-5-20/h1-12,14-15H,13H2,(H,29,30)(H,31,32)(H,33,34)(H,35,36). The molecule has 0 fully saturated rings. The third kappa shape index (κ3) is 4.16. The zero-order valence-electron chi connectivity index (χ0n) is 18.7. The second kappa shape index (κ2) is 9.34. The molecule has 4 N–H and O–H groups in total. The monoisotopic (exact) mass is 484 g/mol. The molecule has 8 nitrogen and oxygen atoms in total. The molecule has 1 unspecified atom stereocenters. The number of carboxylic acid groups (broad SMARTS) is 4. The van der Waals surface area contributed by atoms with Crippen LogP contribution in [0.1, 0.15) is 38.3 Å². The van der Waals surface area contributed by atoms with Gasteiger partial charge in [-0.1, -0.05) is 54.6 Å². The summed E-state index contributed by atoms with van der Waals surface area (Å²) in [6.07, 6.45) is 2.44. The molecule has 4 rings (SSSR count). The number of rotatable bonds is 7. The predicted octanol–water partition coefficient (Wildman–Crippen LogP) is 4.57. The van der Waals surface area contributed by atoms with Crippen LogP contribution in [0.4, 0.5) is 0 Å². The Labute approximate surface area is 205 Å². The Balaban J connectivity index is 2.06. The highest BCUT2D eigenvalue weighted by molar-refractivity contribution is 6.06. The van der Waals surface area contributed by atoms with Gasteiger partial charge in [-0.3, -0.25) is 4.79 Å². The van der Waals surface area contributed by atoms with Crippen LogP contribution in [-0.4, -0.2) is 44.3 Å². The molecule has 3 aromatic carbocycles. The third-order valence-electron chi connectivity index (χ3n) is 6.27. The first-order valence-electron chi connectivity index (χ1n) is 10.8. The van der Waals surface area contributed by atoms with E-state index in [0.717, 1.165) is 0 Å². The Kier molecular flexibility index (Phi) is 6.27. The summed E-state index contributed by atoms with van der Waals surface area (Å²) in [5, 5.41) is 39.1. The fraction of sp³-hybridized carbons (Fsp3) is 0.0714. The highest BCUT2D eigenvalue weighted by atomic mass is 16.4. The summed E-state index contributed by atoms with van der Waals surface area (Å²) in [6.45, 7) is 0. The molecule has 1 aliphatic rings. The van der Waals surface area contributed by atoms with Gasteiger partial charge >= 0.3 is 23.9 Å². The van der Waals surface area contributed by atoms with E-state index < -0.39 is 29.3 Å². The van der Waals surface area contributed by atoms with E-state index in [1.165, 1.54) is 54.6 Å². The molecule has 1 aliphatic carbocycles. The van der Waals surface area contributed by atoms with Crippen LogP contribution < -0.4 is 0 Å². The fourth-order valence-electron chi connectivity index (χ4n) is 4.43. The van der Waals surface area contributed by atoms with E-state index in [4.69, 9.17) is 0 Å². The number of benzene rings is 3. The van der Waals surface area contributed by atoms with Gasteiger partial charge in [-0.25, -0.2) is 14.4 Å².